The van der Waals surface area contributed by atoms with Gasteiger partial charge in [-0.2, -0.15) is 0 Å². The van der Waals surface area contributed by atoms with E-state index in [0.29, 0.717) is 25.4 Å². The molecule has 0 aromatic rings. The molecule has 1 saturated carbocycles. The van der Waals surface area contributed by atoms with Crippen molar-refractivity contribution in [2.45, 2.75) is 45.6 Å². The Kier molecular flexibility index (Phi) is 3.85. The van der Waals surface area contributed by atoms with Gasteiger partial charge in [-0.25, -0.2) is 0 Å². The second kappa shape index (κ2) is 5.12. The minimum Gasteiger partial charge on any atom is -0.369 e. The fourth-order valence-corrected chi connectivity index (χ4v) is 3.25. The molecule has 19 heavy (non-hydrogen) atoms. The summed E-state index contributed by atoms with van der Waals surface area (Å²) >= 11 is 0. The van der Waals surface area contributed by atoms with E-state index in [9.17, 15) is 9.59 Å². The second-order valence-corrected chi connectivity index (χ2v) is 6.59. The zero-order valence-electron chi connectivity index (χ0n) is 11.9. The number of carbonyl (C=O) groups is 2. The van der Waals surface area contributed by atoms with Gasteiger partial charge in [0.15, 0.2) is 0 Å². The molecule has 4 unspecified atom stereocenters. The van der Waals surface area contributed by atoms with Crippen LogP contribution in [-0.2, 0) is 9.59 Å². The lowest BCUT2D eigenvalue weighted by molar-refractivity contribution is -0.137. The Labute approximate surface area is 114 Å². The van der Waals surface area contributed by atoms with Crippen molar-refractivity contribution >= 4 is 11.8 Å². The largest absolute Gasteiger partial charge is 0.369 e. The highest BCUT2D eigenvalue weighted by Gasteiger charge is 2.42. The lowest BCUT2D eigenvalue weighted by Gasteiger charge is -2.33. The Morgan fingerprint density at radius 3 is 2.53 bits per heavy atom. The first-order valence-electron chi connectivity index (χ1n) is 7.18. The molecule has 1 heterocycles. The summed E-state index contributed by atoms with van der Waals surface area (Å²) in [6, 6.07) is 0.221. The summed E-state index contributed by atoms with van der Waals surface area (Å²) in [6.45, 7) is 5.08. The van der Waals surface area contributed by atoms with Crippen molar-refractivity contribution in [3.63, 3.8) is 0 Å². The standard InChI is InChI=1S/C14H25N3O2/c1-9-7-10(3-4-11(9)15)12(18)17-6-5-14(2,8-17)13(16)19/h9-11H,3-8,15H2,1-2H3,(H2,16,19). The molecule has 4 N–H and O–H groups in total. The third-order valence-electron chi connectivity index (χ3n) is 4.96. The van der Waals surface area contributed by atoms with Gasteiger partial charge in [-0.3, -0.25) is 9.59 Å². The molecular formula is C14H25N3O2. The highest BCUT2D eigenvalue weighted by molar-refractivity contribution is 5.84. The summed E-state index contributed by atoms with van der Waals surface area (Å²) in [6.07, 6.45) is 3.33. The van der Waals surface area contributed by atoms with Crippen LogP contribution in [0, 0.1) is 17.3 Å². The maximum absolute atomic E-state index is 12.5. The molecule has 0 aromatic heterocycles. The van der Waals surface area contributed by atoms with Crippen molar-refractivity contribution in [2.75, 3.05) is 13.1 Å². The van der Waals surface area contributed by atoms with E-state index >= 15 is 0 Å². The molecule has 108 valence electrons. The van der Waals surface area contributed by atoms with E-state index in [1.807, 2.05) is 11.8 Å². The number of likely N-dealkylation sites (tertiary alicyclic amines) is 1. The van der Waals surface area contributed by atoms with Crippen molar-refractivity contribution < 1.29 is 9.59 Å². The zero-order valence-corrected chi connectivity index (χ0v) is 11.9. The van der Waals surface area contributed by atoms with Gasteiger partial charge in [-0.1, -0.05) is 6.92 Å². The van der Waals surface area contributed by atoms with Gasteiger partial charge in [0.2, 0.25) is 11.8 Å². The number of amides is 2. The third-order valence-corrected chi connectivity index (χ3v) is 4.96. The van der Waals surface area contributed by atoms with Gasteiger partial charge >= 0.3 is 0 Å². The maximum atomic E-state index is 12.5. The first-order chi connectivity index (χ1) is 8.83. The molecule has 1 aliphatic heterocycles. The van der Waals surface area contributed by atoms with Crippen LogP contribution in [0.15, 0.2) is 0 Å². The number of rotatable bonds is 2. The van der Waals surface area contributed by atoms with Gasteiger partial charge in [0.05, 0.1) is 5.41 Å². The van der Waals surface area contributed by atoms with E-state index in [2.05, 4.69) is 6.92 Å². The van der Waals surface area contributed by atoms with E-state index in [4.69, 9.17) is 11.5 Å². The van der Waals surface area contributed by atoms with Gasteiger partial charge in [0.25, 0.3) is 0 Å². The Hall–Kier alpha value is -1.10. The van der Waals surface area contributed by atoms with Crippen LogP contribution in [-0.4, -0.2) is 35.8 Å². The van der Waals surface area contributed by atoms with Crippen molar-refractivity contribution in [3.8, 4) is 0 Å². The quantitative estimate of drug-likeness (QED) is 0.762. The summed E-state index contributed by atoms with van der Waals surface area (Å²) in [7, 11) is 0. The summed E-state index contributed by atoms with van der Waals surface area (Å²) < 4.78 is 0. The average Bonchev–Trinajstić information content (AvgIpc) is 2.76. The van der Waals surface area contributed by atoms with Crippen LogP contribution in [0.5, 0.6) is 0 Å². The molecule has 5 nitrogen and oxygen atoms in total. The van der Waals surface area contributed by atoms with Crippen LogP contribution in [0.2, 0.25) is 0 Å². The molecule has 4 atom stereocenters. The van der Waals surface area contributed by atoms with Crippen molar-refractivity contribution in [3.05, 3.63) is 0 Å². The van der Waals surface area contributed by atoms with Crippen LogP contribution >= 0.6 is 0 Å². The minimum atomic E-state index is -0.549. The minimum absolute atomic E-state index is 0.0741. The predicted molar refractivity (Wildman–Crippen MR) is 73.0 cm³/mol. The monoisotopic (exact) mass is 267 g/mol. The van der Waals surface area contributed by atoms with Gasteiger partial charge < -0.3 is 16.4 Å². The molecule has 2 aliphatic rings. The SMILES string of the molecule is CC1CC(C(=O)N2CCC(C)(C(N)=O)C2)CCC1N. The number of hydrogen-bond donors (Lipinski definition) is 2. The predicted octanol–water partition coefficient (Wildman–Crippen LogP) is 0.474. The third kappa shape index (κ3) is 2.76. The smallest absolute Gasteiger partial charge is 0.225 e. The van der Waals surface area contributed by atoms with Crippen molar-refractivity contribution in [2.24, 2.45) is 28.7 Å². The lowest BCUT2D eigenvalue weighted by atomic mass is 9.78. The van der Waals surface area contributed by atoms with Crippen molar-refractivity contribution in [1.29, 1.82) is 0 Å². The Morgan fingerprint density at radius 2 is 2.00 bits per heavy atom. The van der Waals surface area contributed by atoms with E-state index in [1.54, 1.807) is 0 Å². The highest BCUT2D eigenvalue weighted by atomic mass is 16.2. The molecule has 2 amide bonds. The van der Waals surface area contributed by atoms with Gasteiger partial charge in [0.1, 0.15) is 0 Å². The Bertz CT molecular complexity index is 385. The molecule has 1 aliphatic carbocycles. The van der Waals surface area contributed by atoms with Crippen molar-refractivity contribution in [1.82, 2.24) is 4.90 Å². The van der Waals surface area contributed by atoms with Gasteiger partial charge in [-0.15, -0.1) is 0 Å². The maximum Gasteiger partial charge on any atom is 0.225 e. The topological polar surface area (TPSA) is 89.4 Å². The molecule has 0 bridgehead atoms. The summed E-state index contributed by atoms with van der Waals surface area (Å²) in [5.74, 6) is 0.350. The number of nitrogens with two attached hydrogens (primary N) is 2. The van der Waals surface area contributed by atoms with E-state index < -0.39 is 5.41 Å². The lowest BCUT2D eigenvalue weighted by Crippen LogP contribution is -2.43. The summed E-state index contributed by atoms with van der Waals surface area (Å²) in [4.78, 5) is 25.7. The fraction of sp³-hybridized carbons (Fsp3) is 0.857. The van der Waals surface area contributed by atoms with E-state index in [0.717, 1.165) is 19.3 Å². The van der Waals surface area contributed by atoms with Gasteiger partial charge in [-0.05, 0) is 38.5 Å². The first kappa shape index (κ1) is 14.3. The van der Waals surface area contributed by atoms with Crippen LogP contribution in [0.3, 0.4) is 0 Å². The summed E-state index contributed by atoms with van der Waals surface area (Å²) in [5.41, 5.74) is 10.9. The molecule has 2 fully saturated rings. The number of primary amides is 1. The zero-order chi connectivity index (χ0) is 14.2. The molecular weight excluding hydrogens is 242 g/mol. The molecule has 0 spiro atoms. The number of hydrogen-bond acceptors (Lipinski definition) is 3. The molecule has 2 rings (SSSR count). The van der Waals surface area contributed by atoms with Crippen LogP contribution in [0.25, 0.3) is 0 Å². The van der Waals surface area contributed by atoms with Crippen LogP contribution in [0.4, 0.5) is 0 Å². The second-order valence-electron chi connectivity index (χ2n) is 6.59. The molecule has 0 aromatic carbocycles. The van der Waals surface area contributed by atoms with Crippen LogP contribution in [0.1, 0.15) is 39.5 Å². The van der Waals surface area contributed by atoms with Crippen LogP contribution < -0.4 is 11.5 Å². The Balaban J connectivity index is 1.97. The number of nitrogens with zero attached hydrogens (tertiary/aromatic N) is 1. The summed E-state index contributed by atoms with van der Waals surface area (Å²) in [5, 5.41) is 0. The normalized spacial score (nSPS) is 39.3. The fourth-order valence-electron chi connectivity index (χ4n) is 3.25. The Morgan fingerprint density at radius 1 is 1.32 bits per heavy atom. The number of carbonyl (C=O) groups excluding carboxylic acids is 2. The van der Waals surface area contributed by atoms with E-state index in [-0.39, 0.29) is 23.8 Å². The molecule has 5 heteroatoms. The first-order valence-corrected chi connectivity index (χ1v) is 7.18. The average molecular weight is 267 g/mol. The molecule has 1 saturated heterocycles. The van der Waals surface area contributed by atoms with E-state index in [1.165, 1.54) is 0 Å². The highest BCUT2D eigenvalue weighted by Crippen LogP contribution is 2.34. The molecule has 0 radical (unpaired) electrons. The van der Waals surface area contributed by atoms with Gasteiger partial charge in [0, 0.05) is 25.0 Å².